The molecule has 44 heavy (non-hydrogen) atoms. The Morgan fingerprint density at radius 3 is 2.68 bits per heavy atom. The molecule has 1 saturated carbocycles. The summed E-state index contributed by atoms with van der Waals surface area (Å²) in [6.07, 6.45) is -4.11. The van der Waals surface area contributed by atoms with Crippen LogP contribution >= 0.6 is 11.3 Å². The van der Waals surface area contributed by atoms with Gasteiger partial charge in [-0.15, -0.1) is 0 Å². The number of nitrogens with two attached hydrogens (primary N) is 1. The first-order valence-electron chi connectivity index (χ1n) is 14.2. The predicted molar refractivity (Wildman–Crippen MR) is 153 cm³/mol. The number of thiazole rings is 1. The fourth-order valence-electron chi connectivity index (χ4n) is 6.90. The fraction of sp³-hybridized carbons (Fsp3) is 0.483. The molecule has 3 aliphatic rings. The highest BCUT2D eigenvalue weighted by Crippen LogP contribution is 2.47. The second-order valence-electron chi connectivity index (χ2n) is 11.9. The fourth-order valence-corrected chi connectivity index (χ4v) is 7.66. The number of halogens is 6. The minimum absolute atomic E-state index is 0.00410. The van der Waals surface area contributed by atoms with Gasteiger partial charge in [0.2, 0.25) is 0 Å². The number of rotatable bonds is 6. The zero-order valence-electron chi connectivity index (χ0n) is 23.5. The van der Waals surface area contributed by atoms with Crippen LogP contribution in [-0.2, 0) is 6.18 Å². The molecule has 3 fully saturated rings. The average molecular weight is 639 g/mol. The lowest BCUT2D eigenvalue weighted by Gasteiger charge is -2.39. The Bertz CT molecular complexity index is 1780. The molecule has 2 aromatic heterocycles. The van der Waals surface area contributed by atoms with Gasteiger partial charge in [-0.2, -0.15) is 23.1 Å². The number of fused-ring (bicyclic) bond motifs is 3. The Balaban J connectivity index is 1.42. The van der Waals surface area contributed by atoms with Crippen LogP contribution < -0.4 is 15.4 Å². The molecule has 2 saturated heterocycles. The van der Waals surface area contributed by atoms with Crippen LogP contribution in [0.15, 0.2) is 18.2 Å². The second-order valence-corrected chi connectivity index (χ2v) is 12.9. The normalized spacial score (nSPS) is 25.5. The van der Waals surface area contributed by atoms with Crippen LogP contribution in [0.1, 0.15) is 37.7 Å². The number of aromatic nitrogens is 3. The second kappa shape index (κ2) is 10.3. The highest BCUT2D eigenvalue weighted by molar-refractivity contribution is 7.22. The molecule has 3 N–H and O–H groups in total. The first-order valence-corrected chi connectivity index (χ1v) is 15.1. The van der Waals surface area contributed by atoms with E-state index in [-0.39, 0.29) is 63.7 Å². The summed E-state index contributed by atoms with van der Waals surface area (Å²) >= 11 is 0.742. The number of hydrogen-bond donors (Lipinski definition) is 2. The lowest BCUT2D eigenvalue weighted by molar-refractivity contribution is -0.137. The lowest BCUT2D eigenvalue weighted by atomic mass is 9.88. The Morgan fingerprint density at radius 1 is 1.18 bits per heavy atom. The SMILES string of the molecule is CN(c1nc(OC[C@@]23CCCN2C[C@H](F)C3)nc2c(F)c(-c3ccc(F)c4sc(N)nc34)c(C(F)(F)F)cc12)C1CC(O)C1. The van der Waals surface area contributed by atoms with Gasteiger partial charge in [-0.05, 0) is 50.4 Å². The van der Waals surface area contributed by atoms with Crippen molar-refractivity contribution < 1.29 is 36.2 Å². The van der Waals surface area contributed by atoms with Crippen molar-refractivity contribution in [3.8, 4) is 17.1 Å². The van der Waals surface area contributed by atoms with Gasteiger partial charge in [0.25, 0.3) is 0 Å². The number of ether oxygens (including phenoxy) is 1. The van der Waals surface area contributed by atoms with E-state index < -0.39 is 52.3 Å². The summed E-state index contributed by atoms with van der Waals surface area (Å²) in [6.45, 7) is 1.02. The van der Waals surface area contributed by atoms with Crippen LogP contribution in [0.3, 0.4) is 0 Å². The number of aliphatic hydroxyl groups excluding tert-OH is 1. The van der Waals surface area contributed by atoms with Crippen molar-refractivity contribution in [3.05, 3.63) is 35.4 Å². The summed E-state index contributed by atoms with van der Waals surface area (Å²) in [5.74, 6) is -2.06. The molecule has 0 radical (unpaired) electrons. The molecule has 2 aliphatic heterocycles. The maximum absolute atomic E-state index is 16.7. The molecule has 8 nitrogen and oxygen atoms in total. The Hall–Kier alpha value is -3.43. The van der Waals surface area contributed by atoms with Gasteiger partial charge in [0, 0.05) is 42.6 Å². The lowest BCUT2D eigenvalue weighted by Crippen LogP contribution is -2.46. The summed E-state index contributed by atoms with van der Waals surface area (Å²) < 4.78 is 95.4. The van der Waals surface area contributed by atoms with E-state index in [0.717, 1.165) is 36.0 Å². The number of nitrogens with zero attached hydrogens (tertiary/aromatic N) is 5. The first kappa shape index (κ1) is 29.3. The Morgan fingerprint density at radius 2 is 1.95 bits per heavy atom. The number of hydrogen-bond acceptors (Lipinski definition) is 9. The molecule has 4 heterocycles. The van der Waals surface area contributed by atoms with Crippen molar-refractivity contribution in [3.63, 3.8) is 0 Å². The number of alkyl halides is 4. The molecule has 0 bridgehead atoms. The zero-order valence-corrected chi connectivity index (χ0v) is 24.3. The smallest absolute Gasteiger partial charge is 0.417 e. The summed E-state index contributed by atoms with van der Waals surface area (Å²) in [7, 11) is 1.60. The largest absolute Gasteiger partial charge is 0.461 e. The van der Waals surface area contributed by atoms with Crippen LogP contribution in [0.2, 0.25) is 0 Å². The van der Waals surface area contributed by atoms with Gasteiger partial charge in [-0.25, -0.2) is 18.2 Å². The minimum atomic E-state index is -5.03. The van der Waals surface area contributed by atoms with E-state index in [1.54, 1.807) is 11.9 Å². The summed E-state index contributed by atoms with van der Waals surface area (Å²) in [5.41, 5.74) is 2.08. The van der Waals surface area contributed by atoms with E-state index in [2.05, 4.69) is 15.0 Å². The average Bonchev–Trinajstić information content (AvgIpc) is 3.61. The monoisotopic (exact) mass is 638 g/mol. The first-order chi connectivity index (χ1) is 20.8. The number of aliphatic hydroxyl groups is 1. The maximum atomic E-state index is 16.7. The number of nitrogen functional groups attached to an aromatic ring is 1. The van der Waals surface area contributed by atoms with Crippen molar-refractivity contribution in [2.75, 3.05) is 37.4 Å². The van der Waals surface area contributed by atoms with Crippen molar-refractivity contribution in [2.24, 2.45) is 0 Å². The van der Waals surface area contributed by atoms with Gasteiger partial charge in [-0.1, -0.05) is 11.3 Å². The van der Waals surface area contributed by atoms with Crippen LogP contribution in [-0.4, -0.2) is 75.6 Å². The summed E-state index contributed by atoms with van der Waals surface area (Å²) in [6, 6.07) is 2.23. The highest BCUT2D eigenvalue weighted by Gasteiger charge is 2.49. The van der Waals surface area contributed by atoms with Crippen molar-refractivity contribution in [2.45, 2.75) is 62.1 Å². The molecule has 1 aliphatic carbocycles. The van der Waals surface area contributed by atoms with Crippen molar-refractivity contribution in [1.29, 1.82) is 0 Å². The number of benzene rings is 2. The van der Waals surface area contributed by atoms with Gasteiger partial charge in [0.1, 0.15) is 29.9 Å². The third kappa shape index (κ3) is 4.70. The molecule has 4 aromatic rings. The van der Waals surface area contributed by atoms with Crippen molar-refractivity contribution >= 4 is 43.4 Å². The van der Waals surface area contributed by atoms with E-state index in [4.69, 9.17) is 10.5 Å². The minimum Gasteiger partial charge on any atom is -0.461 e. The molecule has 2 aromatic carbocycles. The van der Waals surface area contributed by atoms with Gasteiger partial charge >= 0.3 is 12.2 Å². The topological polar surface area (TPSA) is 101 Å². The van der Waals surface area contributed by atoms with Gasteiger partial charge < -0.3 is 20.5 Å². The molecule has 2 atom stereocenters. The molecule has 0 spiro atoms. The number of anilines is 2. The third-order valence-electron chi connectivity index (χ3n) is 9.18. The van der Waals surface area contributed by atoms with Crippen LogP contribution in [0.4, 0.5) is 37.3 Å². The van der Waals surface area contributed by atoms with Crippen LogP contribution in [0, 0.1) is 11.6 Å². The standard InChI is InChI=1S/C29H28F6N6O2S/c1-40(14-7-15(42)8-14)25-17-9-18(29(33,34)35)20(16-3-4-19(31)24-23(16)37-26(36)44-24)21(32)22(17)38-27(39-25)43-12-28-5-2-6-41(28)11-13(30)10-28/h3-4,9,13-15,42H,2,5-8,10-12H2,1H3,(H2,36,37)/t13-,14?,15?,28+/m1/s1. The Kier molecular flexibility index (Phi) is 6.86. The van der Waals surface area contributed by atoms with Gasteiger partial charge in [0.05, 0.1) is 27.4 Å². The molecule has 7 rings (SSSR count). The van der Waals surface area contributed by atoms with Crippen LogP contribution in [0.5, 0.6) is 6.01 Å². The molecular formula is C29H28F6N6O2S. The quantitative estimate of drug-likeness (QED) is 0.260. The zero-order chi connectivity index (χ0) is 31.1. The summed E-state index contributed by atoms with van der Waals surface area (Å²) in [4.78, 5) is 16.3. The highest BCUT2D eigenvalue weighted by atomic mass is 32.1. The predicted octanol–water partition coefficient (Wildman–Crippen LogP) is 5.70. The molecule has 0 unspecified atom stereocenters. The van der Waals surface area contributed by atoms with E-state index in [0.29, 0.717) is 25.8 Å². The maximum Gasteiger partial charge on any atom is 0.417 e. The molecular weight excluding hydrogens is 610 g/mol. The van der Waals surface area contributed by atoms with E-state index >= 15 is 4.39 Å². The molecule has 15 heteroatoms. The van der Waals surface area contributed by atoms with Gasteiger partial charge in [-0.3, -0.25) is 4.90 Å². The Labute approximate surface area is 251 Å². The van der Waals surface area contributed by atoms with E-state index in [1.807, 2.05) is 4.90 Å². The molecule has 0 amide bonds. The van der Waals surface area contributed by atoms with Gasteiger partial charge in [0.15, 0.2) is 10.9 Å². The third-order valence-corrected chi connectivity index (χ3v) is 10.1. The van der Waals surface area contributed by atoms with E-state index in [9.17, 15) is 27.1 Å². The molecule has 234 valence electrons. The van der Waals surface area contributed by atoms with E-state index in [1.165, 1.54) is 0 Å². The van der Waals surface area contributed by atoms with Crippen LogP contribution in [0.25, 0.3) is 32.2 Å². The summed E-state index contributed by atoms with van der Waals surface area (Å²) in [5, 5.41) is 9.59. The van der Waals surface area contributed by atoms with Crippen molar-refractivity contribution in [1.82, 2.24) is 19.9 Å².